The lowest BCUT2D eigenvalue weighted by Gasteiger charge is -2.36. The molecule has 0 bridgehead atoms. The van der Waals surface area contributed by atoms with Crippen molar-refractivity contribution in [2.24, 2.45) is 5.41 Å². The van der Waals surface area contributed by atoms with E-state index in [2.05, 4.69) is 4.98 Å². The Labute approximate surface area is 114 Å². The number of ether oxygens (including phenoxy) is 1. The third-order valence-corrected chi connectivity index (χ3v) is 3.26. The first kappa shape index (κ1) is 13.8. The van der Waals surface area contributed by atoms with Crippen LogP contribution in [0.15, 0.2) is 24.5 Å². The number of hydrogen-bond donors (Lipinski definition) is 0. The summed E-state index contributed by atoms with van der Waals surface area (Å²) in [6.07, 6.45) is 5.52. The van der Waals surface area contributed by atoms with Gasteiger partial charge in [-0.2, -0.15) is 0 Å². The van der Waals surface area contributed by atoms with Crippen molar-refractivity contribution in [2.75, 3.05) is 13.1 Å². The predicted molar refractivity (Wildman–Crippen MR) is 73.9 cm³/mol. The number of nitrogens with zero attached hydrogens (tertiary/aromatic N) is 2. The van der Waals surface area contributed by atoms with Crippen LogP contribution in [0.1, 0.15) is 33.6 Å². The number of rotatable bonds is 2. The van der Waals surface area contributed by atoms with E-state index >= 15 is 0 Å². The average molecular weight is 262 g/mol. The van der Waals surface area contributed by atoms with Crippen LogP contribution in [-0.2, 0) is 4.79 Å². The van der Waals surface area contributed by atoms with Gasteiger partial charge in [-0.3, -0.25) is 9.78 Å². The van der Waals surface area contributed by atoms with E-state index in [0.29, 0.717) is 6.54 Å². The first-order valence-corrected chi connectivity index (χ1v) is 6.83. The van der Waals surface area contributed by atoms with Crippen LogP contribution in [0.2, 0.25) is 0 Å². The SMILES string of the molecule is CC(C)(C)C(=O)N1CCC[C@@H](Oc2ccncc2)C1. The van der Waals surface area contributed by atoms with Crippen molar-refractivity contribution in [3.05, 3.63) is 24.5 Å². The fourth-order valence-electron chi connectivity index (χ4n) is 2.30. The Balaban J connectivity index is 1.96. The van der Waals surface area contributed by atoms with Crippen molar-refractivity contribution in [1.29, 1.82) is 0 Å². The number of likely N-dealkylation sites (tertiary alicyclic amines) is 1. The molecule has 4 nitrogen and oxygen atoms in total. The van der Waals surface area contributed by atoms with E-state index in [1.165, 1.54) is 0 Å². The van der Waals surface area contributed by atoms with Crippen LogP contribution < -0.4 is 4.74 Å². The summed E-state index contributed by atoms with van der Waals surface area (Å²) in [4.78, 5) is 18.2. The van der Waals surface area contributed by atoms with Gasteiger partial charge in [-0.1, -0.05) is 20.8 Å². The molecule has 1 aliphatic rings. The summed E-state index contributed by atoms with van der Waals surface area (Å²) in [5, 5.41) is 0. The van der Waals surface area contributed by atoms with E-state index < -0.39 is 0 Å². The minimum atomic E-state index is -0.321. The first-order chi connectivity index (χ1) is 8.97. The molecule has 1 aromatic rings. The Morgan fingerprint density at radius 1 is 1.37 bits per heavy atom. The smallest absolute Gasteiger partial charge is 0.228 e. The van der Waals surface area contributed by atoms with Gasteiger partial charge in [-0.05, 0) is 25.0 Å². The number of hydrogen-bond acceptors (Lipinski definition) is 3. The molecule has 0 unspecified atom stereocenters. The lowest BCUT2D eigenvalue weighted by atomic mass is 9.93. The van der Waals surface area contributed by atoms with Crippen LogP contribution in [-0.4, -0.2) is 35.0 Å². The molecule has 2 rings (SSSR count). The first-order valence-electron chi connectivity index (χ1n) is 6.83. The molecular formula is C15H22N2O2. The largest absolute Gasteiger partial charge is 0.488 e. The summed E-state index contributed by atoms with van der Waals surface area (Å²) in [7, 11) is 0. The molecule has 0 saturated carbocycles. The van der Waals surface area contributed by atoms with Crippen molar-refractivity contribution in [3.63, 3.8) is 0 Å². The number of amides is 1. The molecule has 0 aromatic carbocycles. The predicted octanol–water partition coefficient (Wildman–Crippen LogP) is 2.50. The minimum absolute atomic E-state index is 0.0856. The van der Waals surface area contributed by atoms with Crippen LogP contribution in [0.25, 0.3) is 0 Å². The Morgan fingerprint density at radius 2 is 2.05 bits per heavy atom. The van der Waals surface area contributed by atoms with Crippen molar-refractivity contribution in [2.45, 2.75) is 39.7 Å². The number of piperidine rings is 1. The van der Waals surface area contributed by atoms with Gasteiger partial charge >= 0.3 is 0 Å². The van der Waals surface area contributed by atoms with Crippen LogP contribution in [0.4, 0.5) is 0 Å². The highest BCUT2D eigenvalue weighted by atomic mass is 16.5. The molecule has 1 atom stereocenters. The minimum Gasteiger partial charge on any atom is -0.488 e. The van der Waals surface area contributed by atoms with Crippen molar-refractivity contribution >= 4 is 5.91 Å². The van der Waals surface area contributed by atoms with Crippen molar-refractivity contribution in [3.8, 4) is 5.75 Å². The van der Waals surface area contributed by atoms with Crippen molar-refractivity contribution < 1.29 is 9.53 Å². The van der Waals surface area contributed by atoms with Gasteiger partial charge in [0.15, 0.2) is 0 Å². The van der Waals surface area contributed by atoms with Crippen LogP contribution in [0.5, 0.6) is 5.75 Å². The van der Waals surface area contributed by atoms with Crippen molar-refractivity contribution in [1.82, 2.24) is 9.88 Å². The summed E-state index contributed by atoms with van der Waals surface area (Å²) in [5.41, 5.74) is -0.321. The number of aromatic nitrogens is 1. The zero-order valence-electron chi connectivity index (χ0n) is 11.9. The second kappa shape index (κ2) is 5.59. The lowest BCUT2D eigenvalue weighted by Crippen LogP contribution is -2.48. The fourth-order valence-corrected chi connectivity index (χ4v) is 2.30. The molecule has 1 saturated heterocycles. The summed E-state index contributed by atoms with van der Waals surface area (Å²) >= 11 is 0. The van der Waals surface area contributed by atoms with Crippen LogP contribution >= 0.6 is 0 Å². The zero-order valence-corrected chi connectivity index (χ0v) is 11.9. The highest BCUT2D eigenvalue weighted by Crippen LogP contribution is 2.23. The standard InChI is InChI=1S/C15H22N2O2/c1-15(2,3)14(18)17-10-4-5-13(11-17)19-12-6-8-16-9-7-12/h6-9,13H,4-5,10-11H2,1-3H3/t13-/m1/s1. The molecule has 0 N–H and O–H groups in total. The second-order valence-electron chi connectivity index (χ2n) is 6.07. The molecule has 104 valence electrons. The Hall–Kier alpha value is -1.58. The molecule has 2 heterocycles. The van der Waals surface area contributed by atoms with Gasteiger partial charge in [0.2, 0.25) is 5.91 Å². The van der Waals surface area contributed by atoms with Gasteiger partial charge in [-0.25, -0.2) is 0 Å². The number of carbonyl (C=O) groups excluding carboxylic acids is 1. The molecule has 1 aliphatic heterocycles. The third-order valence-electron chi connectivity index (χ3n) is 3.26. The molecule has 1 amide bonds. The lowest BCUT2D eigenvalue weighted by molar-refractivity contribution is -0.142. The van der Waals surface area contributed by atoms with Gasteiger partial charge in [-0.15, -0.1) is 0 Å². The summed E-state index contributed by atoms with van der Waals surface area (Å²) in [6.45, 7) is 7.40. The Kier molecular flexibility index (Phi) is 4.08. The van der Waals surface area contributed by atoms with E-state index in [4.69, 9.17) is 4.74 Å². The maximum absolute atomic E-state index is 12.3. The molecule has 19 heavy (non-hydrogen) atoms. The fraction of sp³-hybridized carbons (Fsp3) is 0.600. The van der Waals surface area contributed by atoms with E-state index in [9.17, 15) is 4.79 Å². The zero-order chi connectivity index (χ0) is 13.9. The molecule has 4 heteroatoms. The molecule has 1 fully saturated rings. The van der Waals surface area contributed by atoms with E-state index in [-0.39, 0.29) is 17.4 Å². The van der Waals surface area contributed by atoms with Gasteiger partial charge in [0, 0.05) is 24.4 Å². The van der Waals surface area contributed by atoms with E-state index in [1.807, 2.05) is 37.8 Å². The highest BCUT2D eigenvalue weighted by molar-refractivity contribution is 5.81. The van der Waals surface area contributed by atoms with Gasteiger partial charge < -0.3 is 9.64 Å². The molecule has 0 aliphatic carbocycles. The normalized spacial score (nSPS) is 20.2. The molecule has 1 aromatic heterocycles. The summed E-state index contributed by atoms with van der Waals surface area (Å²) in [5.74, 6) is 1.03. The second-order valence-corrected chi connectivity index (χ2v) is 6.07. The third kappa shape index (κ3) is 3.69. The van der Waals surface area contributed by atoms with Gasteiger partial charge in [0.1, 0.15) is 11.9 Å². The molecule has 0 spiro atoms. The Morgan fingerprint density at radius 3 is 2.68 bits per heavy atom. The van der Waals surface area contributed by atoms with Gasteiger partial charge in [0.05, 0.1) is 6.54 Å². The molecular weight excluding hydrogens is 240 g/mol. The quantitative estimate of drug-likeness (QED) is 0.822. The highest BCUT2D eigenvalue weighted by Gasteiger charge is 2.31. The van der Waals surface area contributed by atoms with Crippen LogP contribution in [0.3, 0.4) is 0 Å². The monoisotopic (exact) mass is 262 g/mol. The Bertz CT molecular complexity index is 426. The molecule has 0 radical (unpaired) electrons. The topological polar surface area (TPSA) is 42.4 Å². The van der Waals surface area contributed by atoms with E-state index in [1.54, 1.807) is 12.4 Å². The van der Waals surface area contributed by atoms with E-state index in [0.717, 1.165) is 25.1 Å². The maximum atomic E-state index is 12.3. The summed E-state index contributed by atoms with van der Waals surface area (Å²) in [6, 6.07) is 3.70. The maximum Gasteiger partial charge on any atom is 0.228 e. The average Bonchev–Trinajstić information content (AvgIpc) is 2.38. The summed E-state index contributed by atoms with van der Waals surface area (Å²) < 4.78 is 5.91. The van der Waals surface area contributed by atoms with Gasteiger partial charge in [0.25, 0.3) is 0 Å². The number of carbonyl (C=O) groups is 1. The van der Waals surface area contributed by atoms with Crippen LogP contribution in [0, 0.1) is 5.41 Å². The number of pyridine rings is 1.